The van der Waals surface area contributed by atoms with Crippen LogP contribution in [0.1, 0.15) is 5.56 Å². The van der Waals surface area contributed by atoms with Gasteiger partial charge in [0.2, 0.25) is 5.95 Å². The maximum Gasteiger partial charge on any atom is 0.414 e. The van der Waals surface area contributed by atoms with Crippen LogP contribution in [0.4, 0.5) is 5.95 Å². The van der Waals surface area contributed by atoms with Crippen LogP contribution in [0.15, 0.2) is 53.1 Å². The van der Waals surface area contributed by atoms with Crippen LogP contribution >= 0.6 is 15.9 Å². The first-order chi connectivity index (χ1) is 14.8. The molecule has 1 heterocycles. The molecular weight excluding hydrogens is 470 g/mol. The minimum absolute atomic E-state index is 0.644. The second-order valence-electron chi connectivity index (χ2n) is 6.19. The van der Waals surface area contributed by atoms with E-state index in [9.17, 15) is 0 Å². The van der Waals surface area contributed by atoms with Gasteiger partial charge in [0.05, 0.1) is 26.1 Å². The van der Waals surface area contributed by atoms with E-state index in [0.717, 1.165) is 38.7 Å². The average Bonchev–Trinajstić information content (AvgIpc) is 3.13. The Hall–Kier alpha value is -3.53. The Labute approximate surface area is 187 Å². The van der Waals surface area contributed by atoms with Crippen LogP contribution in [0.2, 0.25) is 0 Å². The van der Waals surface area contributed by atoms with Gasteiger partial charge in [-0.15, -0.1) is 0 Å². The number of anilines is 1. The van der Waals surface area contributed by atoms with Crippen molar-refractivity contribution in [1.82, 2.24) is 9.55 Å². The Morgan fingerprint density at radius 3 is 2.19 bits per heavy atom. The molecule has 0 saturated carbocycles. The number of ether oxygens (including phenoxy) is 2. The van der Waals surface area contributed by atoms with Crippen molar-refractivity contribution in [3.8, 4) is 22.8 Å². The molecule has 0 radical (unpaired) electrons. The first kappa shape index (κ1) is 23.7. The summed E-state index contributed by atoms with van der Waals surface area (Å²) in [7, 11) is 5.27. The summed E-state index contributed by atoms with van der Waals surface area (Å²) in [5.74, 6) is -1.39. The lowest BCUT2D eigenvalue weighted by molar-refractivity contribution is -0.159. The molecule has 0 bridgehead atoms. The summed E-state index contributed by atoms with van der Waals surface area (Å²) in [5.41, 5.74) is 3.27. The highest BCUT2D eigenvalue weighted by Gasteiger charge is 2.09. The molecule has 10 heteroatoms. The van der Waals surface area contributed by atoms with Crippen LogP contribution in [0.25, 0.3) is 11.3 Å². The second-order valence-corrected chi connectivity index (χ2v) is 7.10. The fourth-order valence-electron chi connectivity index (χ4n) is 2.63. The predicted molar refractivity (Wildman–Crippen MR) is 118 cm³/mol. The van der Waals surface area contributed by atoms with Gasteiger partial charge in [0.25, 0.3) is 0 Å². The SMILES string of the molecule is COc1ccc(CNc2ncc(-c3ccc(Br)cc3)n2C)cc1OC.O=C(O)C(=O)O. The van der Waals surface area contributed by atoms with Gasteiger partial charge in [-0.1, -0.05) is 34.1 Å². The topological polar surface area (TPSA) is 123 Å². The maximum absolute atomic E-state index is 9.10. The number of hydrogen-bond donors (Lipinski definition) is 3. The van der Waals surface area contributed by atoms with Crippen molar-refractivity contribution in [3.05, 3.63) is 58.7 Å². The number of aromatic nitrogens is 2. The molecule has 3 rings (SSSR count). The summed E-state index contributed by atoms with van der Waals surface area (Å²) in [4.78, 5) is 22.7. The molecule has 0 aliphatic carbocycles. The molecule has 1 aromatic heterocycles. The van der Waals surface area contributed by atoms with Crippen molar-refractivity contribution in [2.24, 2.45) is 7.05 Å². The number of hydrogen-bond acceptors (Lipinski definition) is 6. The zero-order chi connectivity index (χ0) is 23.0. The van der Waals surface area contributed by atoms with Crippen LogP contribution in [0.5, 0.6) is 11.5 Å². The fraction of sp³-hybridized carbons (Fsp3) is 0.190. The molecule has 31 heavy (non-hydrogen) atoms. The summed E-state index contributed by atoms with van der Waals surface area (Å²) in [6, 6.07) is 14.1. The Kier molecular flexibility index (Phi) is 8.44. The van der Waals surface area contributed by atoms with Gasteiger partial charge < -0.3 is 29.6 Å². The number of aliphatic carboxylic acids is 2. The molecule has 0 aliphatic heterocycles. The molecule has 164 valence electrons. The minimum Gasteiger partial charge on any atom is -0.493 e. The standard InChI is InChI=1S/C19H20BrN3O2.C2H2O4/c1-23-16(14-5-7-15(20)8-6-14)12-22-19(23)21-11-13-4-9-17(24-2)18(10-13)25-3;3-1(4)2(5)6/h4-10,12H,11H2,1-3H3,(H,21,22);(H,3,4)(H,5,6). The molecule has 0 fully saturated rings. The van der Waals surface area contributed by atoms with Crippen molar-refractivity contribution in [3.63, 3.8) is 0 Å². The minimum atomic E-state index is -1.82. The first-order valence-corrected chi connectivity index (χ1v) is 9.74. The number of carbonyl (C=O) groups is 2. The lowest BCUT2D eigenvalue weighted by atomic mass is 10.2. The van der Waals surface area contributed by atoms with E-state index in [4.69, 9.17) is 29.3 Å². The third kappa shape index (κ3) is 6.48. The third-order valence-corrected chi connectivity index (χ3v) is 4.74. The monoisotopic (exact) mass is 491 g/mol. The van der Waals surface area contributed by atoms with Gasteiger partial charge in [0, 0.05) is 18.1 Å². The number of methoxy groups -OCH3 is 2. The summed E-state index contributed by atoms with van der Waals surface area (Å²) in [5, 5.41) is 18.1. The van der Waals surface area contributed by atoms with E-state index in [1.165, 1.54) is 0 Å². The molecule has 2 aromatic carbocycles. The van der Waals surface area contributed by atoms with Gasteiger partial charge in [0.1, 0.15) is 0 Å². The number of benzene rings is 2. The van der Waals surface area contributed by atoms with E-state index in [-0.39, 0.29) is 0 Å². The van der Waals surface area contributed by atoms with E-state index >= 15 is 0 Å². The highest BCUT2D eigenvalue weighted by Crippen LogP contribution is 2.28. The Balaban J connectivity index is 0.000000501. The quantitative estimate of drug-likeness (QED) is 0.446. The molecule has 9 nitrogen and oxygen atoms in total. The lowest BCUT2D eigenvalue weighted by Gasteiger charge is -2.11. The predicted octanol–water partition coefficient (Wildman–Crippen LogP) is 3.63. The lowest BCUT2D eigenvalue weighted by Crippen LogP contribution is -2.09. The molecule has 0 saturated heterocycles. The molecule has 3 N–H and O–H groups in total. The zero-order valence-corrected chi connectivity index (χ0v) is 18.7. The van der Waals surface area contributed by atoms with Gasteiger partial charge >= 0.3 is 11.9 Å². The van der Waals surface area contributed by atoms with Crippen molar-refractivity contribution in [2.75, 3.05) is 19.5 Å². The molecule has 0 spiro atoms. The van der Waals surface area contributed by atoms with Gasteiger partial charge in [0.15, 0.2) is 11.5 Å². The van der Waals surface area contributed by atoms with Crippen LogP contribution in [-0.4, -0.2) is 45.9 Å². The van der Waals surface area contributed by atoms with Crippen LogP contribution < -0.4 is 14.8 Å². The number of rotatable bonds is 6. The molecular formula is C21H22BrN3O6. The van der Waals surface area contributed by atoms with Crippen LogP contribution in [-0.2, 0) is 23.2 Å². The van der Waals surface area contributed by atoms with E-state index in [1.807, 2.05) is 48.1 Å². The van der Waals surface area contributed by atoms with Crippen molar-refractivity contribution >= 4 is 33.8 Å². The van der Waals surface area contributed by atoms with E-state index < -0.39 is 11.9 Å². The summed E-state index contributed by atoms with van der Waals surface area (Å²) in [6.45, 7) is 0.644. The Bertz CT molecular complexity index is 1040. The van der Waals surface area contributed by atoms with Crippen molar-refractivity contribution in [2.45, 2.75) is 6.54 Å². The van der Waals surface area contributed by atoms with Crippen molar-refractivity contribution in [1.29, 1.82) is 0 Å². The summed E-state index contributed by atoms with van der Waals surface area (Å²) in [6.07, 6.45) is 1.88. The first-order valence-electron chi connectivity index (χ1n) is 8.95. The number of imidazole rings is 1. The number of carboxylic acid groups (broad SMARTS) is 2. The van der Waals surface area contributed by atoms with Crippen LogP contribution in [0.3, 0.4) is 0 Å². The van der Waals surface area contributed by atoms with E-state index in [0.29, 0.717) is 6.54 Å². The number of halogens is 1. The van der Waals surface area contributed by atoms with Gasteiger partial charge in [-0.3, -0.25) is 0 Å². The van der Waals surface area contributed by atoms with Gasteiger partial charge in [-0.05, 0) is 35.4 Å². The molecule has 3 aromatic rings. The highest BCUT2D eigenvalue weighted by molar-refractivity contribution is 9.10. The maximum atomic E-state index is 9.10. The Morgan fingerprint density at radius 2 is 1.65 bits per heavy atom. The molecule has 0 amide bonds. The molecule has 0 unspecified atom stereocenters. The number of nitrogens with one attached hydrogen (secondary N) is 1. The van der Waals surface area contributed by atoms with Crippen molar-refractivity contribution < 1.29 is 29.3 Å². The normalized spacial score (nSPS) is 9.94. The van der Waals surface area contributed by atoms with Crippen LogP contribution in [0, 0.1) is 0 Å². The largest absolute Gasteiger partial charge is 0.493 e. The fourth-order valence-corrected chi connectivity index (χ4v) is 2.90. The molecule has 0 atom stereocenters. The number of carboxylic acids is 2. The van der Waals surface area contributed by atoms with Gasteiger partial charge in [-0.2, -0.15) is 0 Å². The Morgan fingerprint density at radius 1 is 1.03 bits per heavy atom. The number of nitrogens with zero attached hydrogens (tertiary/aromatic N) is 2. The van der Waals surface area contributed by atoms with E-state index in [2.05, 4.69) is 38.4 Å². The smallest absolute Gasteiger partial charge is 0.414 e. The molecule has 0 aliphatic rings. The summed E-state index contributed by atoms with van der Waals surface area (Å²) >= 11 is 3.46. The van der Waals surface area contributed by atoms with E-state index in [1.54, 1.807) is 14.2 Å². The second kappa shape index (κ2) is 11.0. The average molecular weight is 492 g/mol. The highest BCUT2D eigenvalue weighted by atomic mass is 79.9. The zero-order valence-electron chi connectivity index (χ0n) is 17.1. The van der Waals surface area contributed by atoms with Gasteiger partial charge in [-0.25, -0.2) is 14.6 Å². The summed E-state index contributed by atoms with van der Waals surface area (Å²) < 4.78 is 13.7. The third-order valence-electron chi connectivity index (χ3n) is 4.21.